The van der Waals surface area contributed by atoms with E-state index in [0.717, 1.165) is 48.5 Å². The molecule has 0 radical (unpaired) electrons. The van der Waals surface area contributed by atoms with Gasteiger partial charge in [-0.25, -0.2) is 0 Å². The van der Waals surface area contributed by atoms with Crippen molar-refractivity contribution in [3.8, 4) is 11.5 Å². The van der Waals surface area contributed by atoms with Crippen molar-refractivity contribution in [2.24, 2.45) is 0 Å². The highest BCUT2D eigenvalue weighted by Gasteiger charge is 2.23. The molecule has 1 saturated heterocycles. The van der Waals surface area contributed by atoms with Crippen LogP contribution in [0.4, 0.5) is 0 Å². The molecule has 2 aromatic carbocycles. The van der Waals surface area contributed by atoms with E-state index >= 15 is 0 Å². The van der Waals surface area contributed by atoms with E-state index in [1.807, 2.05) is 47.4 Å². The number of carbonyl (C=O) groups is 1. The molecule has 5 nitrogen and oxygen atoms in total. The van der Waals surface area contributed by atoms with Crippen LogP contribution in [0.1, 0.15) is 35.3 Å². The zero-order valence-corrected chi connectivity index (χ0v) is 20.6. The molecule has 2 heterocycles. The fourth-order valence-electron chi connectivity index (χ4n) is 4.28. The van der Waals surface area contributed by atoms with Gasteiger partial charge in [0.05, 0.1) is 19.8 Å². The summed E-state index contributed by atoms with van der Waals surface area (Å²) in [6.45, 7) is 2.59. The molecule has 1 unspecified atom stereocenters. The minimum absolute atomic E-state index is 0.112. The van der Waals surface area contributed by atoms with Crippen molar-refractivity contribution >= 4 is 17.2 Å². The largest absolute Gasteiger partial charge is 0.496 e. The van der Waals surface area contributed by atoms with Crippen molar-refractivity contribution in [1.82, 2.24) is 4.90 Å². The van der Waals surface area contributed by atoms with Crippen LogP contribution < -0.4 is 9.47 Å². The molecule has 1 amide bonds. The second kappa shape index (κ2) is 12.6. The highest BCUT2D eigenvalue weighted by Crippen LogP contribution is 2.22. The van der Waals surface area contributed by atoms with Gasteiger partial charge in [0.2, 0.25) is 5.91 Å². The van der Waals surface area contributed by atoms with Crippen LogP contribution in [0, 0.1) is 0 Å². The molecule has 1 aromatic heterocycles. The van der Waals surface area contributed by atoms with Crippen LogP contribution in [-0.2, 0) is 28.9 Å². The molecule has 0 saturated carbocycles. The van der Waals surface area contributed by atoms with Crippen LogP contribution in [0.15, 0.2) is 66.0 Å². The van der Waals surface area contributed by atoms with E-state index in [9.17, 15) is 4.79 Å². The lowest BCUT2D eigenvalue weighted by Gasteiger charge is -2.26. The zero-order chi connectivity index (χ0) is 23.6. The first-order valence-electron chi connectivity index (χ1n) is 12.0. The summed E-state index contributed by atoms with van der Waals surface area (Å²) in [7, 11) is 1.67. The van der Waals surface area contributed by atoms with Crippen LogP contribution in [0.5, 0.6) is 11.5 Å². The number of methoxy groups -OCH3 is 1. The standard InChI is InChI=1S/C28H33NO4S/c1-31-27-12-3-2-8-23(27)13-14-28(30)29(21-25-10-5-16-32-25)20-22-7-4-9-24(19-22)33-17-15-26-11-6-18-34-26/h2-4,6-9,11-12,18-19,25H,5,10,13-17,20-21H2,1H3. The Labute approximate surface area is 206 Å². The second-order valence-electron chi connectivity index (χ2n) is 8.55. The van der Waals surface area contributed by atoms with Gasteiger partial charge >= 0.3 is 0 Å². The van der Waals surface area contributed by atoms with E-state index in [1.165, 1.54) is 4.88 Å². The minimum Gasteiger partial charge on any atom is -0.496 e. The van der Waals surface area contributed by atoms with Crippen molar-refractivity contribution in [1.29, 1.82) is 0 Å². The summed E-state index contributed by atoms with van der Waals surface area (Å²) in [5.74, 6) is 1.80. The van der Waals surface area contributed by atoms with Crippen LogP contribution in [0.3, 0.4) is 0 Å². The van der Waals surface area contributed by atoms with Crippen LogP contribution in [0.25, 0.3) is 0 Å². The van der Waals surface area contributed by atoms with Gasteiger partial charge in [0, 0.05) is 37.4 Å². The van der Waals surface area contributed by atoms with Gasteiger partial charge in [-0.3, -0.25) is 4.79 Å². The van der Waals surface area contributed by atoms with Crippen molar-refractivity contribution < 1.29 is 19.0 Å². The van der Waals surface area contributed by atoms with E-state index in [1.54, 1.807) is 18.4 Å². The zero-order valence-electron chi connectivity index (χ0n) is 19.8. The third-order valence-corrected chi connectivity index (χ3v) is 7.01. The number of amides is 1. The van der Waals surface area contributed by atoms with Gasteiger partial charge in [0.25, 0.3) is 0 Å². The third-order valence-electron chi connectivity index (χ3n) is 6.07. The average molecular weight is 480 g/mol. The number of hydrogen-bond donors (Lipinski definition) is 0. The quantitative estimate of drug-likeness (QED) is 0.343. The Hall–Kier alpha value is -2.83. The topological polar surface area (TPSA) is 48.0 Å². The Bertz CT molecular complexity index is 1030. The van der Waals surface area contributed by atoms with Gasteiger partial charge in [-0.15, -0.1) is 11.3 Å². The highest BCUT2D eigenvalue weighted by atomic mass is 32.1. The lowest BCUT2D eigenvalue weighted by atomic mass is 10.1. The number of aryl methyl sites for hydroxylation is 1. The van der Waals surface area contributed by atoms with Gasteiger partial charge in [-0.05, 0) is 60.0 Å². The molecule has 1 aliphatic rings. The maximum atomic E-state index is 13.3. The average Bonchev–Trinajstić information content (AvgIpc) is 3.57. The number of nitrogens with zero attached hydrogens (tertiary/aromatic N) is 1. The molecule has 1 fully saturated rings. The van der Waals surface area contributed by atoms with Crippen LogP contribution >= 0.6 is 11.3 Å². The fraction of sp³-hybridized carbons (Fsp3) is 0.393. The number of thiophene rings is 1. The van der Waals surface area contributed by atoms with Gasteiger partial charge in [0.1, 0.15) is 11.5 Å². The molecular formula is C28H33NO4S. The smallest absolute Gasteiger partial charge is 0.223 e. The molecule has 180 valence electrons. The maximum Gasteiger partial charge on any atom is 0.223 e. The molecule has 1 atom stereocenters. The molecule has 3 aromatic rings. The molecule has 0 spiro atoms. The number of para-hydroxylation sites is 1. The van der Waals surface area contributed by atoms with Crippen LogP contribution in [0.2, 0.25) is 0 Å². The number of carbonyl (C=O) groups excluding carboxylic acids is 1. The minimum atomic E-state index is 0.112. The first-order valence-corrected chi connectivity index (χ1v) is 12.8. The molecule has 0 bridgehead atoms. The summed E-state index contributed by atoms with van der Waals surface area (Å²) >= 11 is 1.75. The van der Waals surface area contributed by atoms with E-state index in [-0.39, 0.29) is 12.0 Å². The summed E-state index contributed by atoms with van der Waals surface area (Å²) in [5.41, 5.74) is 2.12. The molecular weight excluding hydrogens is 446 g/mol. The lowest BCUT2D eigenvalue weighted by Crippen LogP contribution is -2.37. The normalized spacial score (nSPS) is 15.3. The van der Waals surface area contributed by atoms with Crippen molar-refractivity contribution in [3.63, 3.8) is 0 Å². The van der Waals surface area contributed by atoms with Gasteiger partial charge in [-0.2, -0.15) is 0 Å². The summed E-state index contributed by atoms with van der Waals surface area (Å²) in [6, 6.07) is 20.2. The van der Waals surface area contributed by atoms with E-state index < -0.39 is 0 Å². The first kappa shape index (κ1) is 24.3. The molecule has 0 N–H and O–H groups in total. The first-order chi connectivity index (χ1) is 16.7. The molecule has 0 aliphatic carbocycles. The van der Waals surface area contributed by atoms with Crippen LogP contribution in [-0.4, -0.2) is 43.8 Å². The Kier molecular flexibility index (Phi) is 8.99. The SMILES string of the molecule is COc1ccccc1CCC(=O)N(Cc1cccc(OCCc2cccs2)c1)CC1CCCO1. The summed E-state index contributed by atoms with van der Waals surface area (Å²) < 4.78 is 17.3. The predicted octanol–water partition coefficient (Wildman–Crippen LogP) is 5.52. The monoisotopic (exact) mass is 479 g/mol. The molecule has 6 heteroatoms. The third kappa shape index (κ3) is 7.08. The number of ether oxygens (including phenoxy) is 3. The van der Waals surface area contributed by atoms with Crippen molar-refractivity contribution in [2.75, 3.05) is 26.9 Å². The van der Waals surface area contributed by atoms with Gasteiger partial charge in [-0.1, -0.05) is 36.4 Å². The molecule has 34 heavy (non-hydrogen) atoms. The van der Waals surface area contributed by atoms with Gasteiger partial charge < -0.3 is 19.1 Å². The Morgan fingerprint density at radius 2 is 2.03 bits per heavy atom. The predicted molar refractivity (Wildman–Crippen MR) is 136 cm³/mol. The van der Waals surface area contributed by atoms with E-state index in [4.69, 9.17) is 14.2 Å². The fourth-order valence-corrected chi connectivity index (χ4v) is 4.97. The second-order valence-corrected chi connectivity index (χ2v) is 9.58. The van der Waals surface area contributed by atoms with E-state index in [2.05, 4.69) is 23.6 Å². The highest BCUT2D eigenvalue weighted by molar-refractivity contribution is 7.09. The summed E-state index contributed by atoms with van der Waals surface area (Å²) in [4.78, 5) is 16.6. The molecule has 4 rings (SSSR count). The summed E-state index contributed by atoms with van der Waals surface area (Å²) in [5, 5.41) is 2.09. The number of hydrogen-bond acceptors (Lipinski definition) is 5. The molecule has 1 aliphatic heterocycles. The number of rotatable bonds is 12. The Morgan fingerprint density at radius 3 is 2.82 bits per heavy atom. The number of benzene rings is 2. The van der Waals surface area contributed by atoms with Crippen molar-refractivity contribution in [3.05, 3.63) is 82.0 Å². The summed E-state index contributed by atoms with van der Waals surface area (Å²) in [6.07, 6.45) is 4.15. The van der Waals surface area contributed by atoms with Crippen molar-refractivity contribution in [2.45, 2.75) is 44.8 Å². The van der Waals surface area contributed by atoms with Gasteiger partial charge in [0.15, 0.2) is 0 Å². The lowest BCUT2D eigenvalue weighted by molar-refractivity contribution is -0.133. The maximum absolute atomic E-state index is 13.3. The Balaban J connectivity index is 1.38. The van der Waals surface area contributed by atoms with E-state index in [0.29, 0.717) is 32.5 Å². The Morgan fingerprint density at radius 1 is 1.12 bits per heavy atom.